The molecule has 9 heteroatoms. The van der Waals surface area contributed by atoms with Crippen molar-refractivity contribution in [2.24, 2.45) is 0 Å². The van der Waals surface area contributed by atoms with E-state index in [4.69, 9.17) is 9.47 Å². The summed E-state index contributed by atoms with van der Waals surface area (Å²) in [6.45, 7) is -3.15. The lowest BCUT2D eigenvalue weighted by atomic mass is 10.1. The highest BCUT2D eigenvalue weighted by Gasteiger charge is 2.22. The number of carbonyl (C=O) groups excluding carboxylic acids is 2. The van der Waals surface area contributed by atoms with Crippen LogP contribution in [0.4, 0.5) is 14.5 Å². The Kier molecular flexibility index (Phi) is 6.53. The molecule has 2 aromatic carbocycles. The Balaban J connectivity index is 2.42. The van der Waals surface area contributed by atoms with Crippen molar-refractivity contribution in [3.63, 3.8) is 0 Å². The van der Waals surface area contributed by atoms with Crippen LogP contribution in [-0.2, 0) is 4.74 Å². The van der Waals surface area contributed by atoms with Crippen molar-refractivity contribution >= 4 is 17.6 Å². The fourth-order valence-corrected chi connectivity index (χ4v) is 2.29. The lowest BCUT2D eigenvalue weighted by molar-refractivity contribution is -0.0515. The number of carbonyl (C=O) groups is 2. The first kappa shape index (κ1) is 20.0. The van der Waals surface area contributed by atoms with Crippen molar-refractivity contribution in [2.45, 2.75) is 6.61 Å². The van der Waals surface area contributed by atoms with E-state index in [-0.39, 0.29) is 22.6 Å². The van der Waals surface area contributed by atoms with Gasteiger partial charge in [-0.15, -0.1) is 0 Å². The molecule has 0 fully saturated rings. The third kappa shape index (κ3) is 4.63. The van der Waals surface area contributed by atoms with Crippen molar-refractivity contribution in [3.8, 4) is 17.2 Å². The number of ether oxygens (including phenoxy) is 4. The van der Waals surface area contributed by atoms with E-state index in [9.17, 15) is 18.4 Å². The van der Waals surface area contributed by atoms with Crippen molar-refractivity contribution in [1.82, 2.24) is 0 Å². The minimum absolute atomic E-state index is 0.0319. The Morgan fingerprint density at radius 3 is 2.33 bits per heavy atom. The van der Waals surface area contributed by atoms with Gasteiger partial charge in [-0.25, -0.2) is 4.79 Å². The molecule has 0 aliphatic carbocycles. The molecule has 0 atom stereocenters. The van der Waals surface area contributed by atoms with E-state index in [1.807, 2.05) is 0 Å². The average Bonchev–Trinajstić information content (AvgIpc) is 2.67. The van der Waals surface area contributed by atoms with Crippen LogP contribution in [0.1, 0.15) is 20.7 Å². The molecule has 1 N–H and O–H groups in total. The molecule has 0 aromatic heterocycles. The van der Waals surface area contributed by atoms with Crippen LogP contribution in [0.25, 0.3) is 0 Å². The van der Waals surface area contributed by atoms with E-state index in [0.29, 0.717) is 5.75 Å². The number of para-hydroxylation sites is 1. The van der Waals surface area contributed by atoms with Crippen molar-refractivity contribution in [3.05, 3.63) is 47.5 Å². The number of benzene rings is 2. The summed E-state index contributed by atoms with van der Waals surface area (Å²) in [7, 11) is 3.86. The first-order valence-corrected chi connectivity index (χ1v) is 7.60. The summed E-state index contributed by atoms with van der Waals surface area (Å²) < 4.78 is 44.6. The number of halogens is 2. The Morgan fingerprint density at radius 2 is 1.74 bits per heavy atom. The molecule has 0 radical (unpaired) electrons. The molecule has 1 amide bonds. The molecule has 0 aliphatic rings. The van der Waals surface area contributed by atoms with Crippen LogP contribution in [-0.4, -0.2) is 39.8 Å². The summed E-state index contributed by atoms with van der Waals surface area (Å²) >= 11 is 0. The highest BCUT2D eigenvalue weighted by molar-refractivity contribution is 6.09. The van der Waals surface area contributed by atoms with Crippen molar-refractivity contribution in [2.75, 3.05) is 26.6 Å². The molecule has 144 valence electrons. The van der Waals surface area contributed by atoms with E-state index in [2.05, 4.69) is 14.8 Å². The summed E-state index contributed by atoms with van der Waals surface area (Å²) in [4.78, 5) is 24.6. The van der Waals surface area contributed by atoms with E-state index in [1.165, 1.54) is 57.7 Å². The summed E-state index contributed by atoms with van der Waals surface area (Å²) in [5.74, 6) is -1.57. The second-order valence-corrected chi connectivity index (χ2v) is 5.07. The highest BCUT2D eigenvalue weighted by atomic mass is 19.3. The predicted octanol–water partition coefficient (Wildman–Crippen LogP) is 3.34. The number of nitrogens with one attached hydrogen (secondary N) is 1. The molecule has 2 aromatic rings. The fraction of sp³-hybridized carbons (Fsp3) is 0.222. The van der Waals surface area contributed by atoms with Crippen LogP contribution in [0.2, 0.25) is 0 Å². The minimum atomic E-state index is -3.15. The Labute approximate surface area is 153 Å². The standard InChI is InChI=1S/C18H17F2NO6/c1-24-10-7-8-13(12(9-10)17(23)26-3)21-16(22)11-5-4-6-14(25-2)15(11)27-18(19)20/h4-9,18H,1-3H3,(H,21,22). The maximum atomic E-state index is 12.7. The quantitative estimate of drug-likeness (QED) is 0.741. The number of alkyl halides is 2. The summed E-state index contributed by atoms with van der Waals surface area (Å²) in [5.41, 5.74) is -0.0517. The monoisotopic (exact) mass is 381 g/mol. The molecule has 0 saturated carbocycles. The topological polar surface area (TPSA) is 83.1 Å². The van der Waals surface area contributed by atoms with Gasteiger partial charge in [0.2, 0.25) is 0 Å². The number of rotatable bonds is 7. The zero-order valence-corrected chi connectivity index (χ0v) is 14.7. The van der Waals surface area contributed by atoms with Gasteiger partial charge in [0.05, 0.1) is 38.1 Å². The lowest BCUT2D eigenvalue weighted by Gasteiger charge is -2.15. The van der Waals surface area contributed by atoms with Crippen LogP contribution in [0.15, 0.2) is 36.4 Å². The van der Waals surface area contributed by atoms with Gasteiger partial charge in [0, 0.05) is 0 Å². The molecular weight excluding hydrogens is 364 g/mol. The largest absolute Gasteiger partial charge is 0.497 e. The molecule has 0 spiro atoms. The third-order valence-electron chi connectivity index (χ3n) is 3.53. The lowest BCUT2D eigenvalue weighted by Crippen LogP contribution is -2.18. The van der Waals surface area contributed by atoms with E-state index >= 15 is 0 Å². The first-order chi connectivity index (χ1) is 12.9. The molecular formula is C18H17F2NO6. The Morgan fingerprint density at radius 1 is 1.00 bits per heavy atom. The van der Waals surface area contributed by atoms with Crippen LogP contribution < -0.4 is 19.5 Å². The van der Waals surface area contributed by atoms with Crippen LogP contribution in [0.5, 0.6) is 17.2 Å². The zero-order valence-electron chi connectivity index (χ0n) is 14.7. The zero-order chi connectivity index (χ0) is 20.0. The van der Waals surface area contributed by atoms with Crippen molar-refractivity contribution < 1.29 is 37.3 Å². The van der Waals surface area contributed by atoms with Gasteiger partial charge in [-0.3, -0.25) is 4.79 Å². The number of esters is 1. The fourth-order valence-electron chi connectivity index (χ4n) is 2.29. The molecule has 0 aliphatic heterocycles. The van der Waals surface area contributed by atoms with Crippen LogP contribution >= 0.6 is 0 Å². The van der Waals surface area contributed by atoms with Crippen LogP contribution in [0.3, 0.4) is 0 Å². The van der Waals surface area contributed by atoms with E-state index in [0.717, 1.165) is 0 Å². The molecule has 0 unspecified atom stereocenters. The van der Waals surface area contributed by atoms with Gasteiger partial charge in [-0.2, -0.15) is 8.78 Å². The van der Waals surface area contributed by atoms with E-state index in [1.54, 1.807) is 0 Å². The summed E-state index contributed by atoms with van der Waals surface area (Å²) in [6, 6.07) is 8.44. The molecule has 27 heavy (non-hydrogen) atoms. The van der Waals surface area contributed by atoms with Gasteiger partial charge in [0.15, 0.2) is 11.5 Å². The third-order valence-corrected chi connectivity index (χ3v) is 3.53. The first-order valence-electron chi connectivity index (χ1n) is 7.60. The van der Waals surface area contributed by atoms with Crippen LogP contribution in [0, 0.1) is 0 Å². The van der Waals surface area contributed by atoms with Gasteiger partial charge >= 0.3 is 12.6 Å². The maximum absolute atomic E-state index is 12.7. The Hall–Kier alpha value is -3.36. The number of methoxy groups -OCH3 is 3. The van der Waals surface area contributed by atoms with Gasteiger partial charge in [0.25, 0.3) is 5.91 Å². The smallest absolute Gasteiger partial charge is 0.387 e. The van der Waals surface area contributed by atoms with Gasteiger partial charge in [-0.05, 0) is 30.3 Å². The molecule has 7 nitrogen and oxygen atoms in total. The molecule has 0 heterocycles. The highest BCUT2D eigenvalue weighted by Crippen LogP contribution is 2.33. The average molecular weight is 381 g/mol. The summed E-state index contributed by atoms with van der Waals surface area (Å²) in [5, 5.41) is 2.48. The molecule has 2 rings (SSSR count). The van der Waals surface area contributed by atoms with Crippen molar-refractivity contribution in [1.29, 1.82) is 0 Å². The summed E-state index contributed by atoms with van der Waals surface area (Å²) in [6.07, 6.45) is 0. The number of amides is 1. The molecule has 0 bridgehead atoms. The minimum Gasteiger partial charge on any atom is -0.497 e. The predicted molar refractivity (Wildman–Crippen MR) is 91.9 cm³/mol. The number of hydrogen-bond donors (Lipinski definition) is 1. The molecule has 0 saturated heterocycles. The van der Waals surface area contributed by atoms with Gasteiger partial charge in [0.1, 0.15) is 5.75 Å². The second-order valence-electron chi connectivity index (χ2n) is 5.07. The van der Waals surface area contributed by atoms with E-state index < -0.39 is 24.2 Å². The second kappa shape index (κ2) is 8.84. The Bertz CT molecular complexity index is 841. The SMILES string of the molecule is COC(=O)c1cc(OC)ccc1NC(=O)c1cccc(OC)c1OC(F)F. The number of anilines is 1. The number of hydrogen-bond acceptors (Lipinski definition) is 6. The maximum Gasteiger partial charge on any atom is 0.387 e. The van der Waals surface area contributed by atoms with Gasteiger partial charge < -0.3 is 24.3 Å². The van der Waals surface area contributed by atoms with Gasteiger partial charge in [-0.1, -0.05) is 6.07 Å². The normalized spacial score (nSPS) is 10.3.